The van der Waals surface area contributed by atoms with Crippen molar-refractivity contribution in [1.29, 1.82) is 0 Å². The van der Waals surface area contributed by atoms with Crippen LogP contribution in [0.1, 0.15) is 111 Å². The summed E-state index contributed by atoms with van der Waals surface area (Å²) in [7, 11) is 0. The molecule has 3 N–H and O–H groups in total. The first-order chi connectivity index (χ1) is 21.2. The summed E-state index contributed by atoms with van der Waals surface area (Å²) in [6.07, 6.45) is 31.9. The molecule has 0 radical (unpaired) electrons. The zero-order valence-corrected chi connectivity index (χ0v) is 27.5. The first kappa shape index (κ1) is 41.3. The summed E-state index contributed by atoms with van der Waals surface area (Å²) in [6, 6.07) is 0. The molecule has 0 rings (SSSR count). The number of carbonyl (C=O) groups excluding carboxylic acids is 2. The molecule has 0 spiro atoms. The largest absolute Gasteiger partial charge is 0.463 e. The molecule has 0 bridgehead atoms. The van der Waals surface area contributed by atoms with Crippen molar-refractivity contribution < 1.29 is 34.4 Å². The fourth-order valence-corrected chi connectivity index (χ4v) is 4.01. The molecule has 0 aromatic carbocycles. The molecule has 0 aromatic rings. The Hall–Kier alpha value is -2.74. The summed E-state index contributed by atoms with van der Waals surface area (Å²) in [6.45, 7) is 6.16. The molecule has 44 heavy (non-hydrogen) atoms. The van der Waals surface area contributed by atoms with Gasteiger partial charge in [-0.15, -0.1) is 0 Å². The molecular weight excluding hydrogens is 556 g/mol. The van der Waals surface area contributed by atoms with Gasteiger partial charge in [-0.2, -0.15) is 0 Å². The Morgan fingerprint density at radius 1 is 0.659 bits per heavy atom. The van der Waals surface area contributed by atoms with Crippen LogP contribution in [0.4, 0.5) is 0 Å². The quantitative estimate of drug-likeness (QED) is 0.0376. The average Bonchev–Trinajstić information content (AvgIpc) is 2.99. The molecule has 0 aliphatic carbocycles. The molecule has 0 fully saturated rings. The highest BCUT2D eigenvalue weighted by molar-refractivity contribution is 5.69. The van der Waals surface area contributed by atoms with E-state index in [1.54, 1.807) is 24.3 Å². The van der Waals surface area contributed by atoms with Crippen LogP contribution in [0.15, 0.2) is 72.9 Å². The van der Waals surface area contributed by atoms with E-state index >= 15 is 0 Å². The van der Waals surface area contributed by atoms with Crippen molar-refractivity contribution in [3.8, 4) is 0 Å². The van der Waals surface area contributed by atoms with Crippen molar-refractivity contribution in [3.63, 3.8) is 0 Å². The minimum Gasteiger partial charge on any atom is -0.463 e. The van der Waals surface area contributed by atoms with Gasteiger partial charge in [0.15, 0.2) is 0 Å². The smallest absolute Gasteiger partial charge is 0.305 e. The molecule has 7 nitrogen and oxygen atoms in total. The highest BCUT2D eigenvalue weighted by Gasteiger charge is 2.12. The fraction of sp³-hybridized carbons (Fsp3) is 0.622. The predicted molar refractivity (Wildman–Crippen MR) is 180 cm³/mol. The molecule has 0 saturated heterocycles. The maximum absolute atomic E-state index is 11.9. The van der Waals surface area contributed by atoms with Gasteiger partial charge < -0.3 is 24.8 Å². The van der Waals surface area contributed by atoms with E-state index < -0.39 is 24.3 Å². The molecular formula is C37H60O7. The van der Waals surface area contributed by atoms with Crippen LogP contribution < -0.4 is 0 Å². The van der Waals surface area contributed by atoms with Crippen LogP contribution in [0.25, 0.3) is 0 Å². The number of esters is 2. The van der Waals surface area contributed by atoms with Crippen molar-refractivity contribution in [2.75, 3.05) is 13.2 Å². The Labute approximate surface area is 267 Å². The van der Waals surface area contributed by atoms with Gasteiger partial charge >= 0.3 is 11.9 Å². The Balaban J connectivity index is 3.83. The van der Waals surface area contributed by atoms with E-state index in [1.165, 1.54) is 25.7 Å². The molecule has 0 unspecified atom stereocenters. The lowest BCUT2D eigenvalue weighted by molar-refractivity contribution is -0.152. The average molecular weight is 617 g/mol. The number of hydrogen-bond donors (Lipinski definition) is 3. The van der Waals surface area contributed by atoms with Crippen LogP contribution in [-0.4, -0.2) is 58.8 Å². The zero-order valence-electron chi connectivity index (χ0n) is 27.5. The van der Waals surface area contributed by atoms with E-state index in [0.717, 1.165) is 38.0 Å². The zero-order chi connectivity index (χ0) is 32.7. The van der Waals surface area contributed by atoms with Crippen molar-refractivity contribution in [2.45, 2.75) is 129 Å². The van der Waals surface area contributed by atoms with E-state index in [-0.39, 0.29) is 25.6 Å². The van der Waals surface area contributed by atoms with Crippen LogP contribution in [0.5, 0.6) is 0 Å². The molecule has 7 heteroatoms. The lowest BCUT2D eigenvalue weighted by Gasteiger charge is -2.12. The summed E-state index contributed by atoms with van der Waals surface area (Å²) in [5.41, 5.74) is 0. The Morgan fingerprint density at radius 2 is 1.25 bits per heavy atom. The number of unbranched alkanes of at least 4 members (excludes halogenated alkanes) is 6. The summed E-state index contributed by atoms with van der Waals surface area (Å²) >= 11 is 0. The van der Waals surface area contributed by atoms with Gasteiger partial charge in [0.05, 0.1) is 12.2 Å². The number of ether oxygens (including phenoxy) is 2. The van der Waals surface area contributed by atoms with E-state index in [4.69, 9.17) is 9.47 Å². The van der Waals surface area contributed by atoms with E-state index in [0.29, 0.717) is 25.7 Å². The number of rotatable bonds is 27. The standard InChI is InChI=1S/C37H60O7/c1-4-5-16-24-33(38)25-18-12-7-6-8-13-19-26-34(39)27-20-15-22-29-37(42)44-31-35(40)30-43-36(41)28-21-14-10-9-11-17-23-32(2)3/h5,7-8,12-13,16,18-20,25-27,32-35,38-40H,4,6,9-11,14-15,17,21-24,28-31H2,1-3H3/b12-7-,13-8-,16-5-,25-18+,26-19+,27-20-/t33-,34-,35+/m1/s1. The van der Waals surface area contributed by atoms with Crippen molar-refractivity contribution in [3.05, 3.63) is 72.9 Å². The third-order valence-corrected chi connectivity index (χ3v) is 6.56. The van der Waals surface area contributed by atoms with Gasteiger partial charge in [-0.1, -0.05) is 132 Å². The van der Waals surface area contributed by atoms with Crippen LogP contribution in [-0.2, 0) is 19.1 Å². The monoisotopic (exact) mass is 616 g/mol. The molecule has 0 aliphatic heterocycles. The predicted octanol–water partition coefficient (Wildman–Crippen LogP) is 7.63. The van der Waals surface area contributed by atoms with Gasteiger partial charge in [-0.05, 0) is 44.4 Å². The minimum absolute atomic E-state index is 0.179. The lowest BCUT2D eigenvalue weighted by atomic mass is 10.0. The first-order valence-electron chi connectivity index (χ1n) is 16.6. The third kappa shape index (κ3) is 30.7. The van der Waals surface area contributed by atoms with E-state index in [1.807, 2.05) is 48.6 Å². The van der Waals surface area contributed by atoms with E-state index in [2.05, 4.69) is 20.8 Å². The maximum atomic E-state index is 11.9. The normalized spacial score (nSPS) is 14.7. The van der Waals surface area contributed by atoms with Crippen LogP contribution in [0.3, 0.4) is 0 Å². The maximum Gasteiger partial charge on any atom is 0.305 e. The molecule has 250 valence electrons. The summed E-state index contributed by atoms with van der Waals surface area (Å²) in [5, 5.41) is 29.7. The van der Waals surface area contributed by atoms with Crippen LogP contribution in [0.2, 0.25) is 0 Å². The number of aliphatic hydroxyl groups is 3. The Bertz CT molecular complexity index is 882. The van der Waals surface area contributed by atoms with Gasteiger partial charge in [0.2, 0.25) is 0 Å². The molecule has 0 aromatic heterocycles. The Morgan fingerprint density at radius 3 is 1.89 bits per heavy atom. The molecule has 0 heterocycles. The lowest BCUT2D eigenvalue weighted by Crippen LogP contribution is -2.25. The minimum atomic E-state index is -1.04. The summed E-state index contributed by atoms with van der Waals surface area (Å²) in [5.74, 6) is 0.000768. The topological polar surface area (TPSA) is 113 Å². The van der Waals surface area contributed by atoms with Crippen molar-refractivity contribution in [2.24, 2.45) is 5.92 Å². The third-order valence-electron chi connectivity index (χ3n) is 6.56. The van der Waals surface area contributed by atoms with Gasteiger partial charge in [0.1, 0.15) is 19.3 Å². The second-order valence-corrected chi connectivity index (χ2v) is 11.4. The number of carbonyl (C=O) groups is 2. The molecule has 0 amide bonds. The Kier molecular flexibility index (Phi) is 28.4. The molecule has 0 saturated carbocycles. The molecule has 0 aliphatic rings. The number of hydrogen-bond acceptors (Lipinski definition) is 7. The highest BCUT2D eigenvalue weighted by Crippen LogP contribution is 2.12. The highest BCUT2D eigenvalue weighted by atomic mass is 16.6. The summed E-state index contributed by atoms with van der Waals surface area (Å²) in [4.78, 5) is 23.7. The number of aliphatic hydroxyl groups excluding tert-OH is 3. The van der Waals surface area contributed by atoms with Gasteiger partial charge in [0.25, 0.3) is 0 Å². The second-order valence-electron chi connectivity index (χ2n) is 11.4. The van der Waals surface area contributed by atoms with Crippen LogP contribution in [0, 0.1) is 5.92 Å². The first-order valence-corrected chi connectivity index (χ1v) is 16.6. The summed E-state index contributed by atoms with van der Waals surface area (Å²) < 4.78 is 10.2. The molecule has 3 atom stereocenters. The fourth-order valence-electron chi connectivity index (χ4n) is 4.01. The van der Waals surface area contributed by atoms with Crippen LogP contribution >= 0.6 is 0 Å². The second kappa shape index (κ2) is 30.3. The van der Waals surface area contributed by atoms with E-state index in [9.17, 15) is 24.9 Å². The van der Waals surface area contributed by atoms with Crippen molar-refractivity contribution >= 4 is 11.9 Å². The van der Waals surface area contributed by atoms with Gasteiger partial charge in [-0.25, -0.2) is 0 Å². The van der Waals surface area contributed by atoms with Gasteiger partial charge in [0, 0.05) is 12.8 Å². The SMILES string of the molecule is CC/C=C\C[C@@H](O)/C=C/C=C\C/C=C\C=C\[C@@H](O)/C=C\CCCC(=O)OC[C@@H](O)COC(=O)CCCCCCCCC(C)C. The van der Waals surface area contributed by atoms with Crippen molar-refractivity contribution in [1.82, 2.24) is 0 Å². The number of allylic oxidation sites excluding steroid dienone is 8. The van der Waals surface area contributed by atoms with Gasteiger partial charge in [-0.3, -0.25) is 9.59 Å².